The van der Waals surface area contributed by atoms with Gasteiger partial charge in [-0.3, -0.25) is 14.6 Å². The topological polar surface area (TPSA) is 82.5 Å². The highest BCUT2D eigenvalue weighted by Crippen LogP contribution is 2.19. The maximum absolute atomic E-state index is 12.4. The Kier molecular flexibility index (Phi) is 5.78. The zero-order chi connectivity index (χ0) is 17.6. The molecule has 132 valence electrons. The van der Waals surface area contributed by atoms with Gasteiger partial charge in [0.25, 0.3) is 5.91 Å². The summed E-state index contributed by atoms with van der Waals surface area (Å²) in [5, 5.41) is 14.6. The Morgan fingerprint density at radius 1 is 1.36 bits per heavy atom. The van der Waals surface area contributed by atoms with E-state index in [2.05, 4.69) is 10.3 Å². The summed E-state index contributed by atoms with van der Waals surface area (Å²) in [6.07, 6.45) is 4.16. The number of rotatable bonds is 5. The number of piperidine rings is 1. The number of aliphatic hydroxyl groups is 1. The smallest absolute Gasteiger partial charge is 0.253 e. The van der Waals surface area contributed by atoms with Crippen molar-refractivity contribution in [2.75, 3.05) is 19.7 Å². The molecule has 0 aliphatic carbocycles. The van der Waals surface area contributed by atoms with Crippen LogP contribution in [0.5, 0.6) is 0 Å². The number of aliphatic hydroxyl groups excluding tert-OH is 1. The Hall–Kier alpha value is -2.25. The first kappa shape index (κ1) is 17.6. The summed E-state index contributed by atoms with van der Waals surface area (Å²) in [5.41, 5.74) is 0.496. The van der Waals surface area contributed by atoms with Crippen LogP contribution in [0, 0.1) is 5.92 Å². The SMILES string of the molecule is O=C(N[C@@H]1CCN(C(=O)Cc2cccs2)C[C@@H]1CO)c1cccnc1. The number of hydrogen-bond donors (Lipinski definition) is 2. The van der Waals surface area contributed by atoms with Crippen LogP contribution in [0.2, 0.25) is 0 Å². The highest BCUT2D eigenvalue weighted by atomic mass is 32.1. The van der Waals surface area contributed by atoms with E-state index in [0.29, 0.717) is 31.5 Å². The maximum Gasteiger partial charge on any atom is 0.253 e. The van der Waals surface area contributed by atoms with Gasteiger partial charge in [-0.25, -0.2) is 0 Å². The molecule has 0 unspecified atom stereocenters. The molecule has 1 saturated heterocycles. The number of likely N-dealkylation sites (tertiary alicyclic amines) is 1. The number of aromatic nitrogens is 1. The van der Waals surface area contributed by atoms with E-state index in [9.17, 15) is 14.7 Å². The molecule has 25 heavy (non-hydrogen) atoms. The van der Waals surface area contributed by atoms with E-state index in [1.807, 2.05) is 17.5 Å². The second kappa shape index (κ2) is 8.22. The predicted octanol–water partition coefficient (Wildman–Crippen LogP) is 1.32. The molecule has 1 aliphatic rings. The van der Waals surface area contributed by atoms with Crippen LogP contribution in [0.3, 0.4) is 0 Å². The van der Waals surface area contributed by atoms with E-state index in [0.717, 1.165) is 4.88 Å². The molecule has 2 amide bonds. The van der Waals surface area contributed by atoms with Crippen molar-refractivity contribution in [1.82, 2.24) is 15.2 Å². The van der Waals surface area contributed by atoms with Gasteiger partial charge in [0.2, 0.25) is 5.91 Å². The van der Waals surface area contributed by atoms with Gasteiger partial charge in [-0.2, -0.15) is 0 Å². The summed E-state index contributed by atoms with van der Waals surface area (Å²) < 4.78 is 0. The van der Waals surface area contributed by atoms with Gasteiger partial charge in [0, 0.05) is 48.9 Å². The lowest BCUT2D eigenvalue weighted by Gasteiger charge is -2.38. The van der Waals surface area contributed by atoms with Gasteiger partial charge in [0.05, 0.1) is 12.0 Å². The molecule has 7 heteroatoms. The molecule has 6 nitrogen and oxygen atoms in total. The first-order valence-electron chi connectivity index (χ1n) is 8.29. The zero-order valence-corrected chi connectivity index (χ0v) is 14.6. The fourth-order valence-electron chi connectivity index (χ4n) is 3.06. The quantitative estimate of drug-likeness (QED) is 0.844. The molecule has 1 aliphatic heterocycles. The molecule has 1 fully saturated rings. The van der Waals surface area contributed by atoms with Crippen LogP contribution >= 0.6 is 11.3 Å². The van der Waals surface area contributed by atoms with Crippen molar-refractivity contribution in [3.05, 3.63) is 52.5 Å². The molecular weight excluding hydrogens is 338 g/mol. The molecular formula is C18H21N3O3S. The molecule has 0 radical (unpaired) electrons. The molecule has 0 spiro atoms. The van der Waals surface area contributed by atoms with Crippen molar-refractivity contribution < 1.29 is 14.7 Å². The number of pyridine rings is 1. The molecule has 2 aromatic heterocycles. The van der Waals surface area contributed by atoms with Crippen LogP contribution in [-0.4, -0.2) is 52.5 Å². The average Bonchev–Trinajstić information content (AvgIpc) is 3.15. The fraction of sp³-hybridized carbons (Fsp3) is 0.389. The summed E-state index contributed by atoms with van der Waals surface area (Å²) in [4.78, 5) is 31.5. The molecule has 3 rings (SSSR count). The number of thiophene rings is 1. The van der Waals surface area contributed by atoms with Gasteiger partial charge in [0.1, 0.15) is 0 Å². The Balaban J connectivity index is 1.58. The first-order chi connectivity index (χ1) is 12.2. The summed E-state index contributed by atoms with van der Waals surface area (Å²) in [6.45, 7) is 0.970. The lowest BCUT2D eigenvalue weighted by Crippen LogP contribution is -2.53. The Morgan fingerprint density at radius 3 is 2.92 bits per heavy atom. The Labute approximate surface area is 150 Å². The third-order valence-corrected chi connectivity index (χ3v) is 5.34. The van der Waals surface area contributed by atoms with E-state index in [-0.39, 0.29) is 30.4 Å². The third kappa shape index (κ3) is 4.43. The van der Waals surface area contributed by atoms with Crippen molar-refractivity contribution >= 4 is 23.2 Å². The minimum atomic E-state index is -0.199. The van der Waals surface area contributed by atoms with Gasteiger partial charge < -0.3 is 15.3 Å². The number of nitrogens with one attached hydrogen (secondary N) is 1. The predicted molar refractivity (Wildman–Crippen MR) is 95.3 cm³/mol. The minimum absolute atomic E-state index is 0.0675. The van der Waals surface area contributed by atoms with Crippen molar-refractivity contribution in [3.63, 3.8) is 0 Å². The molecule has 2 atom stereocenters. The second-order valence-corrected chi connectivity index (χ2v) is 7.18. The highest BCUT2D eigenvalue weighted by Gasteiger charge is 2.32. The van der Waals surface area contributed by atoms with E-state index < -0.39 is 0 Å². The molecule has 0 aromatic carbocycles. The number of carbonyl (C=O) groups is 2. The second-order valence-electron chi connectivity index (χ2n) is 6.15. The summed E-state index contributed by atoms with van der Waals surface area (Å²) >= 11 is 1.57. The van der Waals surface area contributed by atoms with Crippen molar-refractivity contribution in [3.8, 4) is 0 Å². The van der Waals surface area contributed by atoms with Gasteiger partial charge in [-0.15, -0.1) is 11.3 Å². The lowest BCUT2D eigenvalue weighted by molar-refractivity contribution is -0.132. The van der Waals surface area contributed by atoms with E-state index in [4.69, 9.17) is 0 Å². The van der Waals surface area contributed by atoms with Crippen molar-refractivity contribution in [1.29, 1.82) is 0 Å². The Bertz CT molecular complexity index is 706. The monoisotopic (exact) mass is 359 g/mol. The zero-order valence-electron chi connectivity index (χ0n) is 13.8. The minimum Gasteiger partial charge on any atom is -0.396 e. The average molecular weight is 359 g/mol. The largest absolute Gasteiger partial charge is 0.396 e. The number of amides is 2. The van der Waals surface area contributed by atoms with Gasteiger partial charge in [0.15, 0.2) is 0 Å². The summed E-state index contributed by atoms with van der Waals surface area (Å²) in [5.74, 6) is -0.297. The first-order valence-corrected chi connectivity index (χ1v) is 9.17. The van der Waals surface area contributed by atoms with Crippen LogP contribution < -0.4 is 5.32 Å². The van der Waals surface area contributed by atoms with Crippen LogP contribution in [-0.2, 0) is 11.2 Å². The maximum atomic E-state index is 12.4. The summed E-state index contributed by atoms with van der Waals surface area (Å²) in [6, 6.07) is 7.15. The van der Waals surface area contributed by atoms with Crippen LogP contribution in [0.15, 0.2) is 42.0 Å². The lowest BCUT2D eigenvalue weighted by atomic mass is 9.92. The molecule has 2 N–H and O–H groups in total. The third-order valence-electron chi connectivity index (χ3n) is 4.47. The van der Waals surface area contributed by atoms with Crippen LogP contribution in [0.25, 0.3) is 0 Å². The van der Waals surface area contributed by atoms with Gasteiger partial charge >= 0.3 is 0 Å². The van der Waals surface area contributed by atoms with Gasteiger partial charge in [-0.05, 0) is 30.0 Å². The van der Waals surface area contributed by atoms with Crippen LogP contribution in [0.1, 0.15) is 21.7 Å². The number of carbonyl (C=O) groups excluding carboxylic acids is 2. The van der Waals surface area contributed by atoms with Crippen molar-refractivity contribution in [2.24, 2.45) is 5.92 Å². The molecule has 3 heterocycles. The Morgan fingerprint density at radius 2 is 2.24 bits per heavy atom. The highest BCUT2D eigenvalue weighted by molar-refractivity contribution is 7.10. The fourth-order valence-corrected chi connectivity index (χ4v) is 3.75. The molecule has 0 saturated carbocycles. The molecule has 2 aromatic rings. The number of nitrogens with zero attached hydrogens (tertiary/aromatic N) is 2. The van der Waals surface area contributed by atoms with E-state index in [1.54, 1.807) is 34.6 Å². The van der Waals surface area contributed by atoms with Crippen LogP contribution in [0.4, 0.5) is 0 Å². The summed E-state index contributed by atoms with van der Waals surface area (Å²) in [7, 11) is 0. The normalized spacial score (nSPS) is 20.3. The van der Waals surface area contributed by atoms with Gasteiger partial charge in [-0.1, -0.05) is 6.07 Å². The number of hydrogen-bond acceptors (Lipinski definition) is 5. The standard InChI is InChI=1S/C18H21N3O3S/c22-12-14-11-21(17(23)9-15-4-2-8-25-15)7-5-16(14)20-18(24)13-3-1-6-19-10-13/h1-4,6,8,10,14,16,22H,5,7,9,11-12H2,(H,20,24)/t14-,16-/m1/s1. The van der Waals surface area contributed by atoms with E-state index >= 15 is 0 Å². The van der Waals surface area contributed by atoms with Crippen molar-refractivity contribution in [2.45, 2.75) is 18.9 Å². The van der Waals surface area contributed by atoms with E-state index in [1.165, 1.54) is 6.20 Å². The molecule has 0 bridgehead atoms.